The highest BCUT2D eigenvalue weighted by Crippen LogP contribution is 2.39. The second kappa shape index (κ2) is 13.7. The van der Waals surface area contributed by atoms with Crippen LogP contribution in [0.2, 0.25) is 10.0 Å². The fraction of sp³-hybridized carbons (Fsp3) is 0.417. The quantitative estimate of drug-likeness (QED) is 0.317. The SMILES string of the molecule is CC(=O)Nc1ccc(CN2C[C@H]3C[C@@H]2C[C@H]3NCC(=O)N2CCN(C(=O)c3cc(C)cc(C)c3)CC2c2ccc(Cl)c(Cl)c2)cc1. The first kappa shape index (κ1) is 32.5. The fourth-order valence-corrected chi connectivity index (χ4v) is 7.80. The van der Waals surface area contributed by atoms with Gasteiger partial charge in [0.25, 0.3) is 5.91 Å². The molecule has 4 atom stereocenters. The highest BCUT2D eigenvalue weighted by Gasteiger charge is 2.44. The molecule has 0 aromatic heterocycles. The summed E-state index contributed by atoms with van der Waals surface area (Å²) in [5, 5.41) is 7.30. The number of nitrogens with zero attached hydrogens (tertiary/aromatic N) is 3. The molecule has 2 saturated heterocycles. The summed E-state index contributed by atoms with van der Waals surface area (Å²) in [6.45, 7) is 8.91. The summed E-state index contributed by atoms with van der Waals surface area (Å²) in [5.74, 6) is 0.414. The third kappa shape index (κ3) is 7.26. The van der Waals surface area contributed by atoms with Gasteiger partial charge in [-0.2, -0.15) is 0 Å². The number of amides is 3. The Morgan fingerprint density at radius 2 is 1.61 bits per heavy atom. The minimum absolute atomic E-state index is 0.0217. The zero-order valence-corrected chi connectivity index (χ0v) is 28.1. The number of halogens is 2. The summed E-state index contributed by atoms with van der Waals surface area (Å²) in [7, 11) is 0. The Kier molecular flexibility index (Phi) is 9.71. The van der Waals surface area contributed by atoms with Gasteiger partial charge in [-0.25, -0.2) is 0 Å². The molecule has 6 rings (SSSR count). The maximum Gasteiger partial charge on any atom is 0.254 e. The normalized spacial score (nSPS) is 22.7. The van der Waals surface area contributed by atoms with E-state index in [2.05, 4.69) is 33.7 Å². The van der Waals surface area contributed by atoms with E-state index in [0.29, 0.717) is 53.2 Å². The summed E-state index contributed by atoms with van der Waals surface area (Å²) < 4.78 is 0. The Labute approximate surface area is 281 Å². The third-order valence-electron chi connectivity index (χ3n) is 9.62. The van der Waals surface area contributed by atoms with Crippen LogP contribution in [0.4, 0.5) is 5.69 Å². The van der Waals surface area contributed by atoms with Gasteiger partial charge in [-0.1, -0.05) is 58.6 Å². The lowest BCUT2D eigenvalue weighted by molar-refractivity contribution is -0.135. The van der Waals surface area contributed by atoms with E-state index in [-0.39, 0.29) is 30.3 Å². The van der Waals surface area contributed by atoms with Gasteiger partial charge in [-0.15, -0.1) is 0 Å². The summed E-state index contributed by atoms with van der Waals surface area (Å²) >= 11 is 12.6. The van der Waals surface area contributed by atoms with Gasteiger partial charge in [-0.3, -0.25) is 19.3 Å². The molecule has 8 nitrogen and oxygen atoms in total. The Hall–Kier alpha value is -3.43. The molecule has 3 amide bonds. The second-order valence-corrected chi connectivity index (χ2v) is 13.9. The van der Waals surface area contributed by atoms with Crippen LogP contribution in [0.15, 0.2) is 60.7 Å². The van der Waals surface area contributed by atoms with Gasteiger partial charge in [0.2, 0.25) is 11.8 Å². The fourth-order valence-electron chi connectivity index (χ4n) is 7.49. The number of hydrogen-bond acceptors (Lipinski definition) is 5. The molecular weight excluding hydrogens is 621 g/mol. The van der Waals surface area contributed by atoms with Gasteiger partial charge in [0.05, 0.1) is 22.6 Å². The van der Waals surface area contributed by atoms with Crippen LogP contribution in [0, 0.1) is 19.8 Å². The van der Waals surface area contributed by atoms with Crippen molar-refractivity contribution < 1.29 is 14.4 Å². The minimum atomic E-state index is -0.333. The lowest BCUT2D eigenvalue weighted by Gasteiger charge is -2.42. The summed E-state index contributed by atoms with van der Waals surface area (Å²) in [6.07, 6.45) is 2.14. The molecule has 3 fully saturated rings. The number of piperidine rings is 1. The van der Waals surface area contributed by atoms with E-state index in [1.54, 1.807) is 6.07 Å². The first-order valence-corrected chi connectivity index (χ1v) is 16.8. The molecule has 1 unspecified atom stereocenters. The molecule has 3 aliphatic rings. The Morgan fingerprint density at radius 1 is 0.870 bits per heavy atom. The Balaban J connectivity index is 1.08. The first-order chi connectivity index (χ1) is 22.0. The maximum absolute atomic E-state index is 13.8. The molecule has 3 aromatic carbocycles. The second-order valence-electron chi connectivity index (χ2n) is 13.1. The number of fused-ring (bicyclic) bond motifs is 2. The molecule has 1 aliphatic carbocycles. The van der Waals surface area contributed by atoms with Crippen LogP contribution in [0.5, 0.6) is 0 Å². The number of anilines is 1. The van der Waals surface area contributed by atoms with Gasteiger partial charge in [0, 0.05) is 63.0 Å². The third-order valence-corrected chi connectivity index (χ3v) is 10.4. The lowest BCUT2D eigenvalue weighted by atomic mass is 10.00. The van der Waals surface area contributed by atoms with E-state index in [4.69, 9.17) is 23.2 Å². The number of carbonyl (C=O) groups is 3. The van der Waals surface area contributed by atoms with Crippen molar-refractivity contribution in [2.75, 3.05) is 38.0 Å². The van der Waals surface area contributed by atoms with Gasteiger partial charge in [-0.05, 0) is 80.1 Å². The zero-order valence-electron chi connectivity index (χ0n) is 26.6. The molecule has 2 N–H and O–H groups in total. The molecule has 3 aromatic rings. The summed E-state index contributed by atoms with van der Waals surface area (Å²) in [5.41, 5.74) is 5.66. The molecule has 242 valence electrons. The van der Waals surface area contributed by atoms with Crippen molar-refractivity contribution in [2.24, 2.45) is 5.92 Å². The zero-order chi connectivity index (χ0) is 32.5. The molecule has 2 aliphatic heterocycles. The molecule has 2 heterocycles. The van der Waals surface area contributed by atoms with Gasteiger partial charge >= 0.3 is 0 Å². The van der Waals surface area contributed by atoms with Crippen molar-refractivity contribution in [3.8, 4) is 0 Å². The molecule has 10 heteroatoms. The first-order valence-electron chi connectivity index (χ1n) is 16.0. The van der Waals surface area contributed by atoms with Crippen molar-refractivity contribution >= 4 is 46.6 Å². The van der Waals surface area contributed by atoms with E-state index < -0.39 is 0 Å². The predicted molar refractivity (Wildman–Crippen MR) is 182 cm³/mol. The van der Waals surface area contributed by atoms with Crippen LogP contribution < -0.4 is 10.6 Å². The number of nitrogens with one attached hydrogen (secondary N) is 2. The molecule has 0 spiro atoms. The lowest BCUT2D eigenvalue weighted by Crippen LogP contribution is -2.55. The highest BCUT2D eigenvalue weighted by molar-refractivity contribution is 6.42. The Morgan fingerprint density at radius 3 is 2.26 bits per heavy atom. The predicted octanol–water partition coefficient (Wildman–Crippen LogP) is 5.85. The number of hydrogen-bond donors (Lipinski definition) is 2. The van der Waals surface area contributed by atoms with Crippen LogP contribution in [0.25, 0.3) is 0 Å². The van der Waals surface area contributed by atoms with Crippen LogP contribution in [0.1, 0.15) is 58.4 Å². The maximum atomic E-state index is 13.8. The number of aryl methyl sites for hydroxylation is 2. The molecule has 2 bridgehead atoms. The van der Waals surface area contributed by atoms with E-state index in [1.807, 2.05) is 60.0 Å². The van der Waals surface area contributed by atoms with Crippen LogP contribution in [0.3, 0.4) is 0 Å². The summed E-state index contributed by atoms with van der Waals surface area (Å²) in [4.78, 5) is 45.0. The van der Waals surface area contributed by atoms with E-state index in [0.717, 1.165) is 48.3 Å². The van der Waals surface area contributed by atoms with Gasteiger partial charge in [0.1, 0.15) is 0 Å². The van der Waals surface area contributed by atoms with Crippen molar-refractivity contribution in [2.45, 2.75) is 58.3 Å². The minimum Gasteiger partial charge on any atom is -0.334 e. The topological polar surface area (TPSA) is 85.0 Å². The number of rotatable bonds is 8. The Bertz CT molecular complexity index is 1610. The van der Waals surface area contributed by atoms with Crippen molar-refractivity contribution in [1.82, 2.24) is 20.0 Å². The number of benzene rings is 3. The average molecular weight is 663 g/mol. The number of carbonyl (C=O) groups excluding carboxylic acids is 3. The number of likely N-dealkylation sites (tertiary alicyclic amines) is 1. The van der Waals surface area contributed by atoms with E-state index >= 15 is 0 Å². The summed E-state index contributed by atoms with van der Waals surface area (Å²) in [6, 6.07) is 19.9. The molecule has 0 radical (unpaired) electrons. The molecule has 1 saturated carbocycles. The smallest absolute Gasteiger partial charge is 0.254 e. The largest absolute Gasteiger partial charge is 0.334 e. The van der Waals surface area contributed by atoms with Crippen LogP contribution >= 0.6 is 23.2 Å². The average Bonchev–Trinajstić information content (AvgIpc) is 3.61. The van der Waals surface area contributed by atoms with Crippen molar-refractivity contribution in [1.29, 1.82) is 0 Å². The highest BCUT2D eigenvalue weighted by atomic mass is 35.5. The van der Waals surface area contributed by atoms with Crippen LogP contribution in [-0.2, 0) is 16.1 Å². The molecule has 46 heavy (non-hydrogen) atoms. The standard InChI is InChI=1S/C36H41Cl2N5O3/c1-22-12-23(2)14-27(13-22)36(46)41-10-11-43(34(21-41)26-6-9-31(37)32(38)16-26)35(45)18-39-33-17-30-15-28(33)20-42(30)19-25-4-7-29(8-5-25)40-24(3)44/h4-9,12-14,16,28,30,33-34,39H,10-11,15,17-21H2,1-3H3,(H,40,44)/t28-,30-,33-,34?/m1/s1. The van der Waals surface area contributed by atoms with Crippen LogP contribution in [-0.4, -0.2) is 77.2 Å². The van der Waals surface area contributed by atoms with Gasteiger partial charge in [0.15, 0.2) is 0 Å². The molecular formula is C36H41Cl2N5O3. The van der Waals surface area contributed by atoms with E-state index in [1.165, 1.54) is 12.5 Å². The monoisotopic (exact) mass is 661 g/mol. The number of piperazine rings is 1. The van der Waals surface area contributed by atoms with Crippen molar-refractivity contribution in [3.05, 3.63) is 98.5 Å². The van der Waals surface area contributed by atoms with Crippen molar-refractivity contribution in [3.63, 3.8) is 0 Å². The van der Waals surface area contributed by atoms with E-state index in [9.17, 15) is 14.4 Å². The van der Waals surface area contributed by atoms with Gasteiger partial charge < -0.3 is 20.4 Å².